The Morgan fingerprint density at radius 2 is 1.92 bits per heavy atom. The minimum Gasteiger partial charge on any atom is -0.497 e. The van der Waals surface area contributed by atoms with E-state index < -0.39 is 0 Å². The molecule has 2 aliphatic rings. The van der Waals surface area contributed by atoms with Gasteiger partial charge in [-0.3, -0.25) is 0 Å². The van der Waals surface area contributed by atoms with E-state index in [0.29, 0.717) is 12.3 Å². The molecule has 0 aliphatic carbocycles. The van der Waals surface area contributed by atoms with Crippen LogP contribution >= 0.6 is 0 Å². The van der Waals surface area contributed by atoms with Gasteiger partial charge in [-0.2, -0.15) is 0 Å². The number of rotatable bonds is 3. The number of hydrogen-bond acceptors (Lipinski definition) is 5. The summed E-state index contributed by atoms with van der Waals surface area (Å²) in [5.74, 6) is 0.410. The van der Waals surface area contributed by atoms with Crippen LogP contribution in [0.4, 0.5) is 11.4 Å². The summed E-state index contributed by atoms with van der Waals surface area (Å²) >= 11 is 0. The summed E-state index contributed by atoms with van der Waals surface area (Å²) in [5.41, 5.74) is 3.99. The van der Waals surface area contributed by atoms with E-state index in [1.807, 2.05) is 38.1 Å². The summed E-state index contributed by atoms with van der Waals surface area (Å²) in [5, 5.41) is 3.95. The molecule has 0 fully saturated rings. The van der Waals surface area contributed by atoms with Gasteiger partial charge < -0.3 is 9.47 Å². The molecule has 2 aliphatic heterocycles. The zero-order valence-corrected chi connectivity index (χ0v) is 14.6. The van der Waals surface area contributed by atoms with Gasteiger partial charge in [-0.1, -0.05) is 0 Å². The lowest BCUT2D eigenvalue weighted by Gasteiger charge is -2.03. The Hall–Kier alpha value is -2.95. The minimum atomic E-state index is -0.380. The molecule has 126 valence electrons. The van der Waals surface area contributed by atoms with Crippen LogP contribution in [0.5, 0.6) is 5.75 Å². The Labute approximate surface area is 144 Å². The van der Waals surface area contributed by atoms with Crippen LogP contribution < -0.4 is 15.3 Å². The Kier molecular flexibility index (Phi) is 3.46. The average Bonchev–Trinajstić information content (AvgIpc) is 3.13. The number of aliphatic imine (C=N–C) groups is 1. The number of fused-ring (bicyclic) bond motifs is 3. The van der Waals surface area contributed by atoms with Gasteiger partial charge in [0.25, 0.3) is 0 Å². The van der Waals surface area contributed by atoms with Crippen LogP contribution in [0.2, 0.25) is 0 Å². The molecule has 4 rings (SSSR count). The van der Waals surface area contributed by atoms with E-state index in [1.54, 1.807) is 14.0 Å². The molecule has 2 aromatic carbocycles. The van der Waals surface area contributed by atoms with Crippen molar-refractivity contribution in [1.82, 2.24) is 0 Å². The second-order valence-corrected chi connectivity index (χ2v) is 6.09. The molecule has 0 unspecified atom stereocenters. The van der Waals surface area contributed by atoms with E-state index in [2.05, 4.69) is 4.99 Å². The molecular weight excluding hydrogens is 316 g/mol. The molecule has 0 saturated carbocycles. The van der Waals surface area contributed by atoms with E-state index in [9.17, 15) is 4.79 Å². The van der Waals surface area contributed by atoms with Crippen LogP contribution in [0.25, 0.3) is 5.57 Å². The Balaban J connectivity index is 2.04. The van der Waals surface area contributed by atoms with Crippen molar-refractivity contribution in [3.8, 4) is 5.75 Å². The first-order chi connectivity index (χ1) is 12.0. The molecular formula is C20H18N2O3. The SMILES string of the molecule is CCOC(=O)C1=Nc2cc3c(c(C)c2=C1C)N=c1ccc(OC)cc1=3. The van der Waals surface area contributed by atoms with E-state index in [1.165, 1.54) is 0 Å². The van der Waals surface area contributed by atoms with Gasteiger partial charge in [-0.05, 0) is 56.2 Å². The van der Waals surface area contributed by atoms with Crippen molar-refractivity contribution in [2.24, 2.45) is 9.98 Å². The first-order valence-corrected chi connectivity index (χ1v) is 8.23. The molecule has 0 bridgehead atoms. The monoisotopic (exact) mass is 334 g/mol. The smallest absolute Gasteiger partial charge is 0.357 e. The van der Waals surface area contributed by atoms with Gasteiger partial charge in [0, 0.05) is 15.7 Å². The molecule has 0 saturated heterocycles. The molecule has 0 aromatic heterocycles. The Morgan fingerprint density at radius 3 is 2.64 bits per heavy atom. The number of benzene rings is 2. The zero-order chi connectivity index (χ0) is 17.7. The lowest BCUT2D eigenvalue weighted by atomic mass is 10.0. The first-order valence-electron chi connectivity index (χ1n) is 8.23. The van der Waals surface area contributed by atoms with Crippen molar-refractivity contribution < 1.29 is 14.3 Å². The van der Waals surface area contributed by atoms with Gasteiger partial charge in [0.2, 0.25) is 0 Å². The molecule has 2 heterocycles. The van der Waals surface area contributed by atoms with Crippen LogP contribution in [0, 0.1) is 17.4 Å². The van der Waals surface area contributed by atoms with Crippen LogP contribution in [0.1, 0.15) is 19.4 Å². The number of ether oxygens (including phenoxy) is 2. The van der Waals surface area contributed by atoms with Crippen LogP contribution in [0.15, 0.2) is 34.3 Å². The highest BCUT2D eigenvalue weighted by Crippen LogP contribution is 2.29. The quantitative estimate of drug-likeness (QED) is 0.691. The lowest BCUT2D eigenvalue weighted by Crippen LogP contribution is -2.19. The molecule has 2 aromatic rings. The fourth-order valence-corrected chi connectivity index (χ4v) is 3.50. The van der Waals surface area contributed by atoms with Gasteiger partial charge in [0.1, 0.15) is 5.75 Å². The summed E-state index contributed by atoms with van der Waals surface area (Å²) in [6.07, 6.45) is 0. The summed E-state index contributed by atoms with van der Waals surface area (Å²) in [4.78, 5) is 21.5. The van der Waals surface area contributed by atoms with E-state index in [-0.39, 0.29) is 5.97 Å². The highest BCUT2D eigenvalue weighted by atomic mass is 16.5. The highest BCUT2D eigenvalue weighted by molar-refractivity contribution is 6.53. The van der Waals surface area contributed by atoms with Crippen molar-refractivity contribution >= 4 is 28.6 Å². The third kappa shape index (κ3) is 2.19. The summed E-state index contributed by atoms with van der Waals surface area (Å²) < 4.78 is 10.5. The molecule has 0 amide bonds. The van der Waals surface area contributed by atoms with Gasteiger partial charge in [0.15, 0.2) is 5.71 Å². The predicted octanol–water partition coefficient (Wildman–Crippen LogP) is 2.38. The second-order valence-electron chi connectivity index (χ2n) is 6.09. The second kappa shape index (κ2) is 5.55. The van der Waals surface area contributed by atoms with Gasteiger partial charge in [-0.15, -0.1) is 0 Å². The molecule has 0 radical (unpaired) electrons. The van der Waals surface area contributed by atoms with Crippen LogP contribution in [-0.4, -0.2) is 25.4 Å². The van der Waals surface area contributed by atoms with E-state index in [4.69, 9.17) is 14.5 Å². The third-order valence-electron chi connectivity index (χ3n) is 4.68. The van der Waals surface area contributed by atoms with Crippen molar-refractivity contribution in [2.45, 2.75) is 20.8 Å². The molecule has 0 spiro atoms. The Bertz CT molecular complexity index is 1180. The topological polar surface area (TPSA) is 60.2 Å². The summed E-state index contributed by atoms with van der Waals surface area (Å²) in [7, 11) is 1.65. The number of carbonyl (C=O) groups is 1. The molecule has 0 N–H and O–H groups in total. The lowest BCUT2D eigenvalue weighted by molar-refractivity contribution is -0.134. The fourth-order valence-electron chi connectivity index (χ4n) is 3.50. The minimum absolute atomic E-state index is 0.333. The molecule has 25 heavy (non-hydrogen) atoms. The number of esters is 1. The molecule has 5 heteroatoms. The van der Waals surface area contributed by atoms with Crippen molar-refractivity contribution in [3.63, 3.8) is 0 Å². The third-order valence-corrected chi connectivity index (χ3v) is 4.68. The maximum absolute atomic E-state index is 12.2. The fraction of sp³-hybridized carbons (Fsp3) is 0.250. The average molecular weight is 334 g/mol. The highest BCUT2D eigenvalue weighted by Gasteiger charge is 2.24. The summed E-state index contributed by atoms with van der Waals surface area (Å²) in [6, 6.07) is 7.86. The molecule has 0 atom stereocenters. The van der Waals surface area contributed by atoms with Gasteiger partial charge >= 0.3 is 5.97 Å². The van der Waals surface area contributed by atoms with Crippen molar-refractivity contribution in [3.05, 3.63) is 50.8 Å². The molecule has 5 nitrogen and oxygen atoms in total. The van der Waals surface area contributed by atoms with Gasteiger partial charge in [-0.25, -0.2) is 14.8 Å². The summed E-state index contributed by atoms with van der Waals surface area (Å²) in [6.45, 7) is 6.06. The number of hydrogen-bond donors (Lipinski definition) is 0. The van der Waals surface area contributed by atoms with Crippen LogP contribution in [-0.2, 0) is 9.53 Å². The number of methoxy groups -OCH3 is 1. The van der Waals surface area contributed by atoms with E-state index >= 15 is 0 Å². The first kappa shape index (κ1) is 15.6. The van der Waals surface area contributed by atoms with Gasteiger partial charge in [0.05, 0.1) is 30.4 Å². The normalized spacial score (nSPS) is 13.6. The number of nitrogens with zero attached hydrogens (tertiary/aromatic N) is 2. The Morgan fingerprint density at radius 1 is 1.12 bits per heavy atom. The van der Waals surface area contributed by atoms with Crippen molar-refractivity contribution in [2.75, 3.05) is 13.7 Å². The maximum atomic E-state index is 12.2. The maximum Gasteiger partial charge on any atom is 0.357 e. The van der Waals surface area contributed by atoms with Crippen molar-refractivity contribution in [1.29, 1.82) is 0 Å². The zero-order valence-electron chi connectivity index (χ0n) is 14.6. The number of carbonyl (C=O) groups excluding carboxylic acids is 1. The predicted molar refractivity (Wildman–Crippen MR) is 95.1 cm³/mol. The van der Waals surface area contributed by atoms with E-state index in [0.717, 1.165) is 49.3 Å². The van der Waals surface area contributed by atoms with Crippen LogP contribution in [0.3, 0.4) is 0 Å². The largest absolute Gasteiger partial charge is 0.497 e. The standard InChI is InChI=1S/C20H18N2O3/c1-5-25-20(23)19-11(3)17-10(2)18-14(9-16(17)22-19)13-8-12(24-4)6-7-15(13)21-18/h6-9H,5H2,1-4H3.